The van der Waals surface area contributed by atoms with E-state index in [1.54, 1.807) is 6.92 Å². The molecule has 1 saturated carbocycles. The fourth-order valence-electron chi connectivity index (χ4n) is 4.52. The normalized spacial score (nSPS) is 19.5. The lowest BCUT2D eigenvalue weighted by Crippen LogP contribution is -2.43. The molecule has 11 heteroatoms. The number of carbonyl (C=O) groups excluding carboxylic acids is 2. The summed E-state index contributed by atoms with van der Waals surface area (Å²) in [5.41, 5.74) is 2.67. The minimum Gasteiger partial charge on any atom is -0.494 e. The van der Waals surface area contributed by atoms with Crippen molar-refractivity contribution >= 4 is 22.8 Å². The van der Waals surface area contributed by atoms with Crippen molar-refractivity contribution < 1.29 is 28.6 Å². The Kier molecular flexibility index (Phi) is 6.25. The number of rotatable bonds is 7. The van der Waals surface area contributed by atoms with E-state index in [2.05, 4.69) is 20.3 Å². The highest BCUT2D eigenvalue weighted by atomic mass is 19.1. The first-order valence-corrected chi connectivity index (χ1v) is 11.8. The summed E-state index contributed by atoms with van der Waals surface area (Å²) < 4.78 is 25.7. The predicted molar refractivity (Wildman–Crippen MR) is 128 cm³/mol. The molecular formula is C25H28FN5O5. The zero-order valence-electron chi connectivity index (χ0n) is 20.3. The third-order valence-corrected chi connectivity index (χ3v) is 6.73. The molecule has 10 nitrogen and oxygen atoms in total. The number of carbonyl (C=O) groups is 2. The lowest BCUT2D eigenvalue weighted by Gasteiger charge is -2.16. The van der Waals surface area contributed by atoms with E-state index in [0.717, 1.165) is 12.8 Å². The molecule has 3 heterocycles. The Hall–Kier alpha value is -3.73. The van der Waals surface area contributed by atoms with Gasteiger partial charge >= 0.3 is 0 Å². The molecule has 1 aliphatic heterocycles. The molecule has 2 amide bonds. The van der Waals surface area contributed by atoms with Gasteiger partial charge in [0.2, 0.25) is 5.91 Å². The quantitative estimate of drug-likeness (QED) is 0.456. The molecule has 1 aromatic carbocycles. The number of aryl methyl sites for hydroxylation is 1. The number of ether oxygens (including phenoxy) is 2. The van der Waals surface area contributed by atoms with Crippen molar-refractivity contribution in [3.8, 4) is 22.8 Å². The molecule has 2 fully saturated rings. The molecule has 36 heavy (non-hydrogen) atoms. The van der Waals surface area contributed by atoms with Crippen LogP contribution in [0.4, 0.5) is 4.39 Å². The average molecular weight is 498 g/mol. The maximum atomic E-state index is 14.5. The predicted octanol–water partition coefficient (Wildman–Crippen LogP) is 2.19. The van der Waals surface area contributed by atoms with Crippen LogP contribution < -0.4 is 14.8 Å². The van der Waals surface area contributed by atoms with Crippen LogP contribution in [0.2, 0.25) is 0 Å². The Balaban J connectivity index is 1.51. The maximum Gasteiger partial charge on any atom is 0.255 e. The van der Waals surface area contributed by atoms with Gasteiger partial charge in [0.25, 0.3) is 5.91 Å². The zero-order chi connectivity index (χ0) is 25.6. The molecule has 5 rings (SSSR count). The molecule has 1 aliphatic carbocycles. The van der Waals surface area contributed by atoms with Crippen molar-refractivity contribution in [2.45, 2.75) is 38.8 Å². The number of aliphatic hydroxyl groups is 1. The van der Waals surface area contributed by atoms with Crippen LogP contribution in [0.15, 0.2) is 18.5 Å². The second-order valence-electron chi connectivity index (χ2n) is 9.38. The van der Waals surface area contributed by atoms with Crippen LogP contribution in [0.1, 0.15) is 35.8 Å². The van der Waals surface area contributed by atoms with Crippen LogP contribution in [0.25, 0.3) is 22.3 Å². The fraction of sp³-hybridized carbons (Fsp3) is 0.440. The second-order valence-corrected chi connectivity index (χ2v) is 9.38. The Bertz CT molecular complexity index is 1340. The number of benzene rings is 1. The first-order chi connectivity index (χ1) is 17.3. The monoisotopic (exact) mass is 497 g/mol. The summed E-state index contributed by atoms with van der Waals surface area (Å²) in [6, 6.07) is 2.22. The largest absolute Gasteiger partial charge is 0.494 e. The summed E-state index contributed by atoms with van der Waals surface area (Å²) in [5, 5.41) is 13.2. The van der Waals surface area contributed by atoms with Gasteiger partial charge in [-0.3, -0.25) is 9.59 Å². The van der Waals surface area contributed by atoms with Gasteiger partial charge in [-0.15, -0.1) is 0 Å². The number of β-amino-alcohol motifs (C(OH)–C–C–N with tert-alkyl or cyclic N) is 1. The molecule has 0 bridgehead atoms. The molecule has 2 aromatic heterocycles. The third-order valence-electron chi connectivity index (χ3n) is 6.73. The molecule has 3 N–H and O–H groups in total. The van der Waals surface area contributed by atoms with Gasteiger partial charge in [-0.2, -0.15) is 0 Å². The van der Waals surface area contributed by atoms with Gasteiger partial charge in [0, 0.05) is 37.3 Å². The standard InChI is InChI=1S/C25H28FN5O5/c1-12-21(25(34)30-17-8-31(13(2)32)9-18(17)33)23-24(29-12)22(27-11-28-23)15-6-20(35-3)16(26)7-19(15)36-10-14-4-5-14/h6-7,11,14,17-18,29,33H,4-5,8-10H2,1-3H3,(H,30,34). The summed E-state index contributed by atoms with van der Waals surface area (Å²) in [4.78, 5) is 38.4. The Morgan fingerprint density at radius 3 is 2.69 bits per heavy atom. The minimum absolute atomic E-state index is 0.0435. The van der Waals surface area contributed by atoms with Gasteiger partial charge in [0.15, 0.2) is 11.6 Å². The second kappa shape index (κ2) is 9.38. The van der Waals surface area contributed by atoms with E-state index < -0.39 is 23.9 Å². The molecular weight excluding hydrogens is 469 g/mol. The number of aromatic nitrogens is 3. The number of nitrogens with zero attached hydrogens (tertiary/aromatic N) is 3. The van der Waals surface area contributed by atoms with E-state index in [0.29, 0.717) is 51.8 Å². The first kappa shape index (κ1) is 24.0. The topological polar surface area (TPSA) is 130 Å². The SMILES string of the molecule is COc1cc(-c2ncnc3c(C(=O)NC4CN(C(C)=O)CC4O)c(C)[nH]c23)c(OCC2CC2)cc1F. The summed E-state index contributed by atoms with van der Waals surface area (Å²) in [6.07, 6.45) is 2.63. The number of amides is 2. The van der Waals surface area contributed by atoms with E-state index in [-0.39, 0.29) is 24.7 Å². The number of halogens is 1. The Morgan fingerprint density at radius 2 is 2.03 bits per heavy atom. The summed E-state index contributed by atoms with van der Waals surface area (Å²) >= 11 is 0. The highest BCUT2D eigenvalue weighted by molar-refractivity contribution is 6.09. The summed E-state index contributed by atoms with van der Waals surface area (Å²) in [7, 11) is 1.38. The fourth-order valence-corrected chi connectivity index (χ4v) is 4.52. The van der Waals surface area contributed by atoms with E-state index in [9.17, 15) is 19.1 Å². The number of hydrogen-bond acceptors (Lipinski definition) is 7. The minimum atomic E-state index is -0.869. The molecule has 0 spiro atoms. The third kappa shape index (κ3) is 4.46. The number of aromatic amines is 1. The van der Waals surface area contributed by atoms with Crippen molar-refractivity contribution in [3.63, 3.8) is 0 Å². The van der Waals surface area contributed by atoms with Crippen molar-refractivity contribution in [2.75, 3.05) is 26.8 Å². The van der Waals surface area contributed by atoms with Crippen LogP contribution in [0.3, 0.4) is 0 Å². The smallest absolute Gasteiger partial charge is 0.255 e. The molecule has 3 aromatic rings. The van der Waals surface area contributed by atoms with Crippen LogP contribution >= 0.6 is 0 Å². The van der Waals surface area contributed by atoms with Crippen molar-refractivity contribution in [1.82, 2.24) is 25.2 Å². The number of fused-ring (bicyclic) bond motifs is 1. The highest BCUT2D eigenvalue weighted by Crippen LogP contribution is 2.39. The lowest BCUT2D eigenvalue weighted by atomic mass is 10.1. The molecule has 2 unspecified atom stereocenters. The first-order valence-electron chi connectivity index (χ1n) is 11.8. The Labute approximate surface area is 206 Å². The number of aliphatic hydroxyl groups excluding tert-OH is 1. The highest BCUT2D eigenvalue weighted by Gasteiger charge is 2.35. The van der Waals surface area contributed by atoms with Gasteiger partial charge in [-0.05, 0) is 31.7 Å². The lowest BCUT2D eigenvalue weighted by molar-refractivity contribution is -0.128. The van der Waals surface area contributed by atoms with Crippen LogP contribution in [0, 0.1) is 18.7 Å². The van der Waals surface area contributed by atoms with Crippen molar-refractivity contribution in [2.24, 2.45) is 5.92 Å². The van der Waals surface area contributed by atoms with Gasteiger partial charge in [-0.1, -0.05) is 0 Å². The van der Waals surface area contributed by atoms with Crippen LogP contribution in [-0.4, -0.2) is 75.7 Å². The average Bonchev–Trinajstić information content (AvgIpc) is 3.51. The van der Waals surface area contributed by atoms with Gasteiger partial charge in [-0.25, -0.2) is 14.4 Å². The van der Waals surface area contributed by atoms with Gasteiger partial charge < -0.3 is 29.8 Å². The van der Waals surface area contributed by atoms with E-state index in [1.165, 1.54) is 37.4 Å². The molecule has 2 atom stereocenters. The van der Waals surface area contributed by atoms with E-state index in [1.807, 2.05) is 0 Å². The maximum absolute atomic E-state index is 14.5. The van der Waals surface area contributed by atoms with E-state index in [4.69, 9.17) is 9.47 Å². The van der Waals surface area contributed by atoms with Gasteiger partial charge in [0.05, 0.1) is 36.9 Å². The Morgan fingerprint density at radius 1 is 1.25 bits per heavy atom. The van der Waals surface area contributed by atoms with E-state index >= 15 is 0 Å². The molecule has 190 valence electrons. The number of H-pyrrole nitrogens is 1. The summed E-state index contributed by atoms with van der Waals surface area (Å²) in [6.45, 7) is 4.02. The number of nitrogens with one attached hydrogen (secondary N) is 2. The molecule has 0 radical (unpaired) electrons. The number of likely N-dealkylation sites (tertiary alicyclic amines) is 1. The molecule has 2 aliphatic rings. The van der Waals surface area contributed by atoms with Crippen LogP contribution in [0.5, 0.6) is 11.5 Å². The number of hydrogen-bond donors (Lipinski definition) is 3. The van der Waals surface area contributed by atoms with Crippen molar-refractivity contribution in [1.29, 1.82) is 0 Å². The molecule has 1 saturated heterocycles. The zero-order valence-corrected chi connectivity index (χ0v) is 20.3. The van der Waals surface area contributed by atoms with Gasteiger partial charge in [0.1, 0.15) is 23.3 Å². The van der Waals surface area contributed by atoms with Crippen LogP contribution in [-0.2, 0) is 4.79 Å². The summed E-state index contributed by atoms with van der Waals surface area (Å²) in [5.74, 6) is -0.310. The van der Waals surface area contributed by atoms with Crippen molar-refractivity contribution in [3.05, 3.63) is 35.5 Å². The number of methoxy groups -OCH3 is 1.